The van der Waals surface area contributed by atoms with Crippen molar-refractivity contribution in [3.8, 4) is 55.6 Å². The summed E-state index contributed by atoms with van der Waals surface area (Å²) in [6, 6.07) is 87.0. The molecule has 1 N–H and O–H groups in total. The van der Waals surface area contributed by atoms with E-state index in [1.54, 1.807) is 0 Å². The second-order valence-corrected chi connectivity index (χ2v) is 17.9. The summed E-state index contributed by atoms with van der Waals surface area (Å²) in [5.74, 6) is 0.839. The minimum Gasteiger partial charge on any atom is -0.282 e. The number of nitrogens with zero attached hydrogens (tertiary/aromatic N) is 3. The number of fused-ring (bicyclic) bond motifs is 14. The van der Waals surface area contributed by atoms with Gasteiger partial charge in [-0.25, -0.2) is 4.99 Å². The molecule has 1 aromatic heterocycles. The normalized spacial score (nSPS) is 13.0. The van der Waals surface area contributed by atoms with E-state index in [0.29, 0.717) is 5.84 Å². The van der Waals surface area contributed by atoms with Crippen LogP contribution in [0.1, 0.15) is 33.4 Å². The Labute approximate surface area is 395 Å². The van der Waals surface area contributed by atoms with Crippen LogP contribution in [-0.4, -0.2) is 23.4 Å². The van der Waals surface area contributed by atoms with Crippen LogP contribution in [-0.2, 0) is 5.41 Å². The van der Waals surface area contributed by atoms with Gasteiger partial charge < -0.3 is 0 Å². The second-order valence-electron chi connectivity index (χ2n) is 17.9. The fourth-order valence-corrected chi connectivity index (χ4v) is 11.3. The molecule has 320 valence electrons. The summed E-state index contributed by atoms with van der Waals surface area (Å²) in [5.41, 5.74) is 20.3. The van der Waals surface area contributed by atoms with Crippen LogP contribution in [0.15, 0.2) is 248 Å². The molecule has 13 rings (SSSR count). The van der Waals surface area contributed by atoms with Crippen LogP contribution in [0.25, 0.3) is 77.4 Å². The lowest BCUT2D eigenvalue weighted by Crippen LogP contribution is -2.38. The molecular formula is C64H44N4. The zero-order valence-corrected chi connectivity index (χ0v) is 37.4. The summed E-state index contributed by atoms with van der Waals surface area (Å²) in [4.78, 5) is 5.32. The predicted octanol–water partition coefficient (Wildman–Crippen LogP) is 15.2. The van der Waals surface area contributed by atoms with Gasteiger partial charge in [-0.3, -0.25) is 15.1 Å². The summed E-state index contributed by atoms with van der Waals surface area (Å²) >= 11 is 0. The largest absolute Gasteiger partial charge is 0.282 e. The van der Waals surface area contributed by atoms with Gasteiger partial charge in [0, 0.05) is 34.5 Å². The lowest BCUT2D eigenvalue weighted by Gasteiger charge is -2.30. The van der Waals surface area contributed by atoms with Crippen molar-refractivity contribution in [1.29, 1.82) is 5.41 Å². The molecule has 0 radical (unpaired) electrons. The van der Waals surface area contributed by atoms with Crippen LogP contribution in [0.3, 0.4) is 0 Å². The van der Waals surface area contributed by atoms with E-state index in [1.165, 1.54) is 44.5 Å². The van der Waals surface area contributed by atoms with Gasteiger partial charge in [0.25, 0.3) is 0 Å². The molecule has 11 aromatic rings. The predicted molar refractivity (Wildman–Crippen MR) is 282 cm³/mol. The molecule has 4 heteroatoms. The van der Waals surface area contributed by atoms with Crippen molar-refractivity contribution in [2.75, 3.05) is 12.1 Å². The van der Waals surface area contributed by atoms with Crippen LogP contribution in [0, 0.1) is 5.41 Å². The van der Waals surface area contributed by atoms with E-state index in [-0.39, 0.29) is 5.84 Å². The van der Waals surface area contributed by atoms with Crippen molar-refractivity contribution in [2.24, 2.45) is 4.99 Å². The standard InChI is InChI=1S/C64H44N4/c1-67(63(66-62(65)44-24-9-4-10-25-44)46-27-19-26-45(38-46)49-40-47(42-20-5-2-6-21-42)39-48(41-49)43-22-7-3-8-23-43)68-59-35-18-14-30-52(59)53-36-37-58-60(61(53)68)54-31-13-17-34-57(54)64(58)55-32-15-11-28-50(55)51-29-12-16-33-56(51)64/h2-41,65H,1H3. The maximum Gasteiger partial charge on any atom is 0.157 e. The highest BCUT2D eigenvalue weighted by Crippen LogP contribution is 2.64. The second kappa shape index (κ2) is 15.6. The minimum absolute atomic E-state index is 0.185. The fraction of sp³-hybridized carbons (Fsp3) is 0.0312. The van der Waals surface area contributed by atoms with Crippen LogP contribution >= 0.6 is 0 Å². The summed E-state index contributed by atoms with van der Waals surface area (Å²) < 4.78 is 2.36. The highest BCUT2D eigenvalue weighted by atomic mass is 15.6. The molecule has 1 spiro atoms. The summed E-state index contributed by atoms with van der Waals surface area (Å²) in [7, 11) is 2.11. The Balaban J connectivity index is 1.05. The molecule has 0 amide bonds. The molecule has 0 bridgehead atoms. The third-order valence-corrected chi connectivity index (χ3v) is 14.2. The molecule has 0 fully saturated rings. The van der Waals surface area contributed by atoms with Gasteiger partial charge in [0.2, 0.25) is 0 Å². The molecule has 0 saturated heterocycles. The number of nitrogens with one attached hydrogen (secondary N) is 1. The Kier molecular flexibility index (Phi) is 9.09. The fourth-order valence-electron chi connectivity index (χ4n) is 11.3. The Morgan fingerprint density at radius 1 is 0.412 bits per heavy atom. The molecule has 0 atom stereocenters. The van der Waals surface area contributed by atoms with Gasteiger partial charge in [-0.2, -0.15) is 0 Å². The quantitative estimate of drug-likeness (QED) is 0.131. The molecule has 2 aliphatic rings. The number of hydrogen-bond donors (Lipinski definition) is 1. The lowest BCUT2D eigenvalue weighted by molar-refractivity contribution is 0.793. The third-order valence-electron chi connectivity index (χ3n) is 14.2. The molecular weight excluding hydrogens is 825 g/mol. The Morgan fingerprint density at radius 2 is 0.897 bits per heavy atom. The highest BCUT2D eigenvalue weighted by molar-refractivity contribution is 6.20. The first-order valence-corrected chi connectivity index (χ1v) is 23.3. The summed E-state index contributed by atoms with van der Waals surface area (Å²) in [6.07, 6.45) is 0. The maximum atomic E-state index is 9.56. The van der Waals surface area contributed by atoms with E-state index >= 15 is 0 Å². The van der Waals surface area contributed by atoms with E-state index in [9.17, 15) is 5.41 Å². The van der Waals surface area contributed by atoms with Gasteiger partial charge in [-0.1, -0.05) is 212 Å². The Morgan fingerprint density at radius 3 is 1.53 bits per heavy atom. The van der Waals surface area contributed by atoms with Crippen molar-refractivity contribution < 1.29 is 0 Å². The van der Waals surface area contributed by atoms with Gasteiger partial charge in [0.05, 0.1) is 16.4 Å². The van der Waals surface area contributed by atoms with Crippen molar-refractivity contribution >= 4 is 33.5 Å². The van der Waals surface area contributed by atoms with Crippen molar-refractivity contribution in [1.82, 2.24) is 4.68 Å². The van der Waals surface area contributed by atoms with Crippen LogP contribution in [0.4, 0.5) is 0 Å². The molecule has 1 heterocycles. The number of rotatable bonds is 6. The molecule has 0 aliphatic heterocycles. The van der Waals surface area contributed by atoms with E-state index < -0.39 is 5.41 Å². The van der Waals surface area contributed by atoms with E-state index in [1.807, 2.05) is 30.3 Å². The summed E-state index contributed by atoms with van der Waals surface area (Å²) in [5, 5.41) is 14.1. The zero-order valence-electron chi connectivity index (χ0n) is 37.4. The number of para-hydroxylation sites is 1. The average Bonchev–Trinajstić information content (AvgIpc) is 4.02. The van der Waals surface area contributed by atoms with Gasteiger partial charge >= 0.3 is 0 Å². The first kappa shape index (κ1) is 39.5. The van der Waals surface area contributed by atoms with Crippen LogP contribution in [0.2, 0.25) is 0 Å². The zero-order chi connectivity index (χ0) is 45.3. The molecule has 0 saturated carbocycles. The number of benzene rings is 10. The average molecular weight is 869 g/mol. The number of aromatic nitrogens is 1. The monoisotopic (exact) mass is 868 g/mol. The van der Waals surface area contributed by atoms with Crippen molar-refractivity contribution in [3.63, 3.8) is 0 Å². The minimum atomic E-state index is -0.499. The Bertz CT molecular complexity index is 3720. The lowest BCUT2D eigenvalue weighted by atomic mass is 9.70. The van der Waals surface area contributed by atoms with Crippen LogP contribution < -0.4 is 5.01 Å². The van der Waals surface area contributed by atoms with Gasteiger partial charge in [-0.05, 0) is 103 Å². The summed E-state index contributed by atoms with van der Waals surface area (Å²) in [6.45, 7) is 0. The number of amidine groups is 2. The van der Waals surface area contributed by atoms with Crippen LogP contribution in [0.5, 0.6) is 0 Å². The molecule has 2 aliphatic carbocycles. The SMILES string of the molecule is CN(C(=NC(=N)c1ccccc1)c1cccc(-c2cc(-c3ccccc3)cc(-c3ccccc3)c2)c1)n1c2ccccc2c2ccc3c(c21)-c1ccccc1C31c2ccccc2-c2ccccc21. The van der Waals surface area contributed by atoms with E-state index in [2.05, 4.69) is 229 Å². The van der Waals surface area contributed by atoms with Crippen molar-refractivity contribution in [2.45, 2.75) is 5.41 Å². The number of hydrogen-bond acceptors (Lipinski definition) is 1. The van der Waals surface area contributed by atoms with E-state index in [4.69, 9.17) is 4.99 Å². The number of aliphatic imine (C=N–C) groups is 1. The third kappa shape index (κ3) is 5.94. The first-order chi connectivity index (χ1) is 33.6. The van der Waals surface area contributed by atoms with Crippen molar-refractivity contribution in [3.05, 3.63) is 276 Å². The van der Waals surface area contributed by atoms with Gasteiger partial charge in [0.15, 0.2) is 11.7 Å². The molecule has 0 unspecified atom stereocenters. The van der Waals surface area contributed by atoms with Gasteiger partial charge in [-0.15, -0.1) is 0 Å². The molecule has 4 nitrogen and oxygen atoms in total. The smallest absolute Gasteiger partial charge is 0.157 e. The van der Waals surface area contributed by atoms with Gasteiger partial charge in [0.1, 0.15) is 0 Å². The van der Waals surface area contributed by atoms with E-state index in [0.717, 1.165) is 66.3 Å². The Hall–Kier alpha value is -8.86. The topological polar surface area (TPSA) is 44.4 Å². The first-order valence-electron chi connectivity index (χ1n) is 23.3. The molecule has 10 aromatic carbocycles. The molecule has 68 heavy (non-hydrogen) atoms. The maximum absolute atomic E-state index is 9.56. The highest BCUT2D eigenvalue weighted by Gasteiger charge is 2.52.